The molecule has 0 saturated carbocycles. The first-order valence-electron chi connectivity index (χ1n) is 5.66. The van der Waals surface area contributed by atoms with Crippen molar-refractivity contribution in [2.45, 2.75) is 6.42 Å². The number of pyridine rings is 1. The van der Waals surface area contributed by atoms with Crippen LogP contribution in [0.15, 0.2) is 45.6 Å². The van der Waals surface area contributed by atoms with Crippen molar-refractivity contribution < 1.29 is 9.53 Å². The molecule has 0 radical (unpaired) electrons. The zero-order chi connectivity index (χ0) is 13.7. The minimum absolute atomic E-state index is 0.545. The maximum absolute atomic E-state index is 10.7. The van der Waals surface area contributed by atoms with Crippen molar-refractivity contribution >= 4 is 38.1 Å². The molecule has 3 nitrogen and oxygen atoms in total. The summed E-state index contributed by atoms with van der Waals surface area (Å²) >= 11 is 6.80. The Hall–Kier alpha value is -1.20. The fraction of sp³-hybridized carbons (Fsp3) is 0.143. The third-order valence-electron chi connectivity index (χ3n) is 2.52. The number of carbonyl (C=O) groups excluding carboxylic acids is 1. The summed E-state index contributed by atoms with van der Waals surface area (Å²) in [5, 5.41) is 0. The fourth-order valence-corrected chi connectivity index (χ4v) is 3.05. The summed E-state index contributed by atoms with van der Waals surface area (Å²) in [6.45, 7) is 0.545. The highest BCUT2D eigenvalue weighted by atomic mass is 79.9. The number of hydrogen-bond acceptors (Lipinski definition) is 3. The number of hydrogen-bond donors (Lipinski definition) is 0. The number of halogens is 2. The third kappa shape index (κ3) is 3.88. The normalized spacial score (nSPS) is 10.2. The van der Waals surface area contributed by atoms with Crippen molar-refractivity contribution in [3.63, 3.8) is 0 Å². The van der Waals surface area contributed by atoms with Crippen LogP contribution in [-0.2, 0) is 6.42 Å². The molecule has 0 bridgehead atoms. The Balaban J connectivity index is 2.02. The predicted octanol–water partition coefficient (Wildman–Crippen LogP) is 4.04. The third-order valence-corrected chi connectivity index (χ3v) is 3.69. The minimum Gasteiger partial charge on any atom is -0.491 e. The molecule has 0 fully saturated rings. The second kappa shape index (κ2) is 6.82. The number of aldehydes is 1. The molecule has 0 atom stereocenters. The quantitative estimate of drug-likeness (QED) is 0.730. The van der Waals surface area contributed by atoms with Crippen LogP contribution in [0, 0.1) is 0 Å². The van der Waals surface area contributed by atoms with E-state index in [1.807, 2.05) is 18.3 Å². The van der Waals surface area contributed by atoms with Gasteiger partial charge in [0.1, 0.15) is 12.0 Å². The van der Waals surface area contributed by atoms with Gasteiger partial charge in [0.05, 0.1) is 15.6 Å². The zero-order valence-corrected chi connectivity index (χ0v) is 13.1. The van der Waals surface area contributed by atoms with Gasteiger partial charge in [-0.05, 0) is 55.6 Å². The second-order valence-electron chi connectivity index (χ2n) is 3.89. The van der Waals surface area contributed by atoms with Crippen LogP contribution in [0.4, 0.5) is 0 Å². The van der Waals surface area contributed by atoms with Gasteiger partial charge in [-0.3, -0.25) is 9.78 Å². The molecular weight excluding hydrogens is 374 g/mol. The highest BCUT2D eigenvalue weighted by Crippen LogP contribution is 2.34. The van der Waals surface area contributed by atoms with Crippen molar-refractivity contribution in [1.29, 1.82) is 0 Å². The van der Waals surface area contributed by atoms with Crippen LogP contribution < -0.4 is 4.74 Å². The van der Waals surface area contributed by atoms with Crippen LogP contribution in [0.25, 0.3) is 0 Å². The number of carbonyl (C=O) groups is 1. The Morgan fingerprint density at radius 2 is 2.00 bits per heavy atom. The lowest BCUT2D eigenvalue weighted by Crippen LogP contribution is -2.03. The van der Waals surface area contributed by atoms with Crippen LogP contribution >= 0.6 is 31.9 Å². The second-order valence-corrected chi connectivity index (χ2v) is 5.60. The van der Waals surface area contributed by atoms with Crippen LogP contribution in [0.2, 0.25) is 0 Å². The van der Waals surface area contributed by atoms with E-state index in [9.17, 15) is 4.79 Å². The summed E-state index contributed by atoms with van der Waals surface area (Å²) < 4.78 is 7.25. The molecule has 0 amide bonds. The lowest BCUT2D eigenvalue weighted by molar-refractivity contribution is 0.112. The van der Waals surface area contributed by atoms with Crippen LogP contribution in [0.5, 0.6) is 5.75 Å². The van der Waals surface area contributed by atoms with Crippen molar-refractivity contribution in [2.75, 3.05) is 6.61 Å². The van der Waals surface area contributed by atoms with Crippen LogP contribution in [0.3, 0.4) is 0 Å². The van der Waals surface area contributed by atoms with E-state index in [0.717, 1.165) is 27.2 Å². The van der Waals surface area contributed by atoms with E-state index in [1.54, 1.807) is 18.3 Å². The Labute approximate surface area is 128 Å². The van der Waals surface area contributed by atoms with E-state index in [2.05, 4.69) is 36.8 Å². The van der Waals surface area contributed by atoms with E-state index >= 15 is 0 Å². The molecule has 1 heterocycles. The van der Waals surface area contributed by atoms with E-state index in [0.29, 0.717) is 17.9 Å². The van der Waals surface area contributed by atoms with Crippen molar-refractivity contribution in [3.05, 3.63) is 56.7 Å². The van der Waals surface area contributed by atoms with Gasteiger partial charge >= 0.3 is 0 Å². The number of benzene rings is 1. The number of nitrogens with zero attached hydrogens (tertiary/aromatic N) is 1. The zero-order valence-electron chi connectivity index (χ0n) is 9.98. The number of rotatable bonds is 5. The molecule has 1 aromatic heterocycles. The smallest absolute Gasteiger partial charge is 0.150 e. The van der Waals surface area contributed by atoms with Crippen LogP contribution in [-0.4, -0.2) is 17.9 Å². The standard InChI is InChI=1S/C14H11Br2NO2/c15-12-6-11(9-18)7-13(16)14(12)19-5-3-10-2-1-4-17-8-10/h1-2,4,6-9H,3,5H2. The van der Waals surface area contributed by atoms with E-state index in [-0.39, 0.29) is 0 Å². The first kappa shape index (κ1) is 14.2. The number of ether oxygens (including phenoxy) is 1. The van der Waals surface area contributed by atoms with Gasteiger partial charge < -0.3 is 4.74 Å². The molecule has 0 spiro atoms. The predicted molar refractivity (Wildman–Crippen MR) is 80.7 cm³/mol. The van der Waals surface area contributed by atoms with Gasteiger partial charge in [-0.2, -0.15) is 0 Å². The molecule has 0 saturated heterocycles. The largest absolute Gasteiger partial charge is 0.491 e. The Morgan fingerprint density at radius 1 is 1.26 bits per heavy atom. The van der Waals surface area contributed by atoms with E-state index < -0.39 is 0 Å². The Kier molecular flexibility index (Phi) is 5.10. The number of aromatic nitrogens is 1. The van der Waals surface area contributed by atoms with Gasteiger partial charge in [0.2, 0.25) is 0 Å². The van der Waals surface area contributed by atoms with Gasteiger partial charge in [0.25, 0.3) is 0 Å². The van der Waals surface area contributed by atoms with Gasteiger partial charge in [-0.1, -0.05) is 6.07 Å². The van der Waals surface area contributed by atoms with E-state index in [4.69, 9.17) is 4.74 Å². The molecule has 0 aliphatic carbocycles. The average molecular weight is 385 g/mol. The lowest BCUT2D eigenvalue weighted by Gasteiger charge is -2.10. The monoisotopic (exact) mass is 383 g/mol. The van der Waals surface area contributed by atoms with Crippen molar-refractivity contribution in [1.82, 2.24) is 4.98 Å². The summed E-state index contributed by atoms with van der Waals surface area (Å²) in [5.74, 6) is 0.703. The van der Waals surface area contributed by atoms with Crippen molar-refractivity contribution in [2.24, 2.45) is 0 Å². The maximum atomic E-state index is 10.7. The Morgan fingerprint density at radius 3 is 2.58 bits per heavy atom. The molecule has 5 heteroatoms. The summed E-state index contributed by atoms with van der Waals surface area (Å²) in [5.41, 5.74) is 1.72. The van der Waals surface area contributed by atoms with Crippen LogP contribution in [0.1, 0.15) is 15.9 Å². The molecule has 0 aliphatic rings. The topological polar surface area (TPSA) is 39.2 Å². The van der Waals surface area contributed by atoms with E-state index in [1.165, 1.54) is 0 Å². The first-order chi connectivity index (χ1) is 9.20. The average Bonchev–Trinajstić information content (AvgIpc) is 2.42. The van der Waals surface area contributed by atoms with Gasteiger partial charge in [-0.25, -0.2) is 0 Å². The van der Waals surface area contributed by atoms with Crippen molar-refractivity contribution in [3.8, 4) is 5.75 Å². The molecule has 98 valence electrons. The fourth-order valence-electron chi connectivity index (χ4n) is 1.60. The van der Waals surface area contributed by atoms with Gasteiger partial charge in [-0.15, -0.1) is 0 Å². The molecule has 2 rings (SSSR count). The summed E-state index contributed by atoms with van der Waals surface area (Å²) in [6.07, 6.45) is 5.15. The first-order valence-corrected chi connectivity index (χ1v) is 7.25. The molecule has 1 aromatic carbocycles. The maximum Gasteiger partial charge on any atom is 0.150 e. The molecule has 19 heavy (non-hydrogen) atoms. The molecular formula is C14H11Br2NO2. The minimum atomic E-state index is 0.545. The summed E-state index contributed by atoms with van der Waals surface area (Å²) in [7, 11) is 0. The van der Waals surface area contributed by atoms with Gasteiger partial charge in [0.15, 0.2) is 0 Å². The lowest BCUT2D eigenvalue weighted by atomic mass is 10.2. The summed E-state index contributed by atoms with van der Waals surface area (Å²) in [4.78, 5) is 14.8. The molecule has 2 aromatic rings. The SMILES string of the molecule is O=Cc1cc(Br)c(OCCc2cccnc2)c(Br)c1. The Bertz CT molecular complexity index is 550. The molecule has 0 aliphatic heterocycles. The van der Waals surface area contributed by atoms with Gasteiger partial charge in [0, 0.05) is 24.4 Å². The highest BCUT2D eigenvalue weighted by molar-refractivity contribution is 9.11. The molecule has 0 N–H and O–H groups in total. The summed E-state index contributed by atoms with van der Waals surface area (Å²) in [6, 6.07) is 7.38. The highest BCUT2D eigenvalue weighted by Gasteiger charge is 2.08. The molecule has 0 unspecified atom stereocenters.